The van der Waals surface area contributed by atoms with Gasteiger partial charge in [-0.1, -0.05) is 12.1 Å². The van der Waals surface area contributed by atoms with Crippen LogP contribution in [0.4, 0.5) is 10.5 Å². The predicted octanol–water partition coefficient (Wildman–Crippen LogP) is 1.26. The second-order valence-electron chi connectivity index (χ2n) is 3.61. The fourth-order valence-electron chi connectivity index (χ4n) is 1.30. The maximum absolute atomic E-state index is 11.7. The molecule has 1 aromatic rings. The summed E-state index contributed by atoms with van der Waals surface area (Å²) in [5, 5.41) is 0. The van der Waals surface area contributed by atoms with Crippen LogP contribution in [-0.2, 0) is 6.54 Å². The van der Waals surface area contributed by atoms with Crippen molar-refractivity contribution in [1.29, 1.82) is 0 Å². The highest BCUT2D eigenvalue weighted by atomic mass is 16.2. The molecule has 0 saturated carbocycles. The van der Waals surface area contributed by atoms with E-state index in [4.69, 9.17) is 5.73 Å². The first-order valence-electron chi connectivity index (χ1n) is 4.80. The maximum atomic E-state index is 11.7. The molecule has 0 bridgehead atoms. The zero-order valence-corrected chi connectivity index (χ0v) is 9.40. The third-order valence-electron chi connectivity index (χ3n) is 2.20. The molecular formula is C11H17N3O. The Kier molecular flexibility index (Phi) is 3.68. The Morgan fingerprint density at radius 3 is 2.53 bits per heavy atom. The average molecular weight is 207 g/mol. The van der Waals surface area contributed by atoms with Gasteiger partial charge in [0.05, 0.1) is 0 Å². The van der Waals surface area contributed by atoms with Crippen molar-refractivity contribution in [1.82, 2.24) is 4.90 Å². The molecule has 82 valence electrons. The van der Waals surface area contributed by atoms with E-state index in [-0.39, 0.29) is 6.03 Å². The van der Waals surface area contributed by atoms with E-state index < -0.39 is 0 Å². The number of carbonyl (C=O) groups is 1. The van der Waals surface area contributed by atoms with Crippen molar-refractivity contribution in [3.05, 3.63) is 29.8 Å². The topological polar surface area (TPSA) is 49.6 Å². The Morgan fingerprint density at radius 1 is 1.33 bits per heavy atom. The molecule has 1 rings (SSSR count). The Balaban J connectivity index is 2.90. The summed E-state index contributed by atoms with van der Waals surface area (Å²) < 4.78 is 0. The second-order valence-corrected chi connectivity index (χ2v) is 3.61. The van der Waals surface area contributed by atoms with E-state index in [2.05, 4.69) is 0 Å². The lowest BCUT2D eigenvalue weighted by atomic mass is 10.2. The molecule has 0 fully saturated rings. The van der Waals surface area contributed by atoms with Gasteiger partial charge in [0, 0.05) is 33.4 Å². The number of nitrogens with zero attached hydrogens (tertiary/aromatic N) is 2. The number of nitrogens with two attached hydrogens (primary N) is 1. The number of anilines is 1. The first-order valence-corrected chi connectivity index (χ1v) is 4.80. The minimum atomic E-state index is -0.0517. The van der Waals surface area contributed by atoms with Crippen LogP contribution < -0.4 is 10.6 Å². The van der Waals surface area contributed by atoms with Gasteiger partial charge in [-0.15, -0.1) is 0 Å². The Labute approximate surface area is 90.3 Å². The standard InChI is InChI=1S/C11H17N3O/c1-13(2)11(15)14(3)10-6-4-5-9(7-10)8-12/h4-7H,8,12H2,1-3H3. The lowest BCUT2D eigenvalue weighted by molar-refractivity contribution is 0.225. The molecule has 0 radical (unpaired) electrons. The molecule has 0 unspecified atom stereocenters. The van der Waals surface area contributed by atoms with Crippen LogP contribution in [0.2, 0.25) is 0 Å². The molecule has 0 saturated heterocycles. The molecule has 4 heteroatoms. The van der Waals surface area contributed by atoms with Gasteiger partial charge in [-0.25, -0.2) is 4.79 Å². The third-order valence-corrected chi connectivity index (χ3v) is 2.20. The second kappa shape index (κ2) is 4.79. The first kappa shape index (κ1) is 11.5. The van der Waals surface area contributed by atoms with Crippen molar-refractivity contribution in [2.24, 2.45) is 5.73 Å². The number of hydrogen-bond acceptors (Lipinski definition) is 2. The lowest BCUT2D eigenvalue weighted by Gasteiger charge is -2.22. The molecule has 0 aliphatic heterocycles. The van der Waals surface area contributed by atoms with E-state index in [1.165, 1.54) is 4.90 Å². The SMILES string of the molecule is CN(C)C(=O)N(C)c1cccc(CN)c1. The van der Waals surface area contributed by atoms with Crippen molar-refractivity contribution in [2.75, 3.05) is 26.0 Å². The van der Waals surface area contributed by atoms with Crippen LogP contribution in [0.1, 0.15) is 5.56 Å². The molecule has 2 N–H and O–H groups in total. The Bertz CT molecular complexity index is 349. The highest BCUT2D eigenvalue weighted by molar-refractivity contribution is 5.91. The third kappa shape index (κ3) is 2.70. The van der Waals surface area contributed by atoms with E-state index in [9.17, 15) is 4.79 Å². The minimum Gasteiger partial charge on any atom is -0.330 e. The van der Waals surface area contributed by atoms with Crippen LogP contribution in [0, 0.1) is 0 Å². The summed E-state index contributed by atoms with van der Waals surface area (Å²) >= 11 is 0. The van der Waals surface area contributed by atoms with Gasteiger partial charge < -0.3 is 10.6 Å². The maximum Gasteiger partial charge on any atom is 0.323 e. The van der Waals surface area contributed by atoms with Crippen LogP contribution in [0.5, 0.6) is 0 Å². The highest BCUT2D eigenvalue weighted by Gasteiger charge is 2.12. The molecule has 0 heterocycles. The van der Waals surface area contributed by atoms with Crippen molar-refractivity contribution in [2.45, 2.75) is 6.54 Å². The van der Waals surface area contributed by atoms with Crippen molar-refractivity contribution < 1.29 is 4.79 Å². The lowest BCUT2D eigenvalue weighted by Crippen LogP contribution is -2.36. The van der Waals surface area contributed by atoms with Crippen LogP contribution >= 0.6 is 0 Å². The molecule has 15 heavy (non-hydrogen) atoms. The summed E-state index contributed by atoms with van der Waals surface area (Å²) in [4.78, 5) is 14.8. The number of amides is 2. The molecule has 0 atom stereocenters. The highest BCUT2D eigenvalue weighted by Crippen LogP contribution is 2.15. The summed E-state index contributed by atoms with van der Waals surface area (Å²) in [7, 11) is 5.20. The zero-order valence-electron chi connectivity index (χ0n) is 9.40. The molecule has 1 aromatic carbocycles. The van der Waals surface area contributed by atoms with Crippen molar-refractivity contribution in [3.63, 3.8) is 0 Å². The molecular weight excluding hydrogens is 190 g/mol. The largest absolute Gasteiger partial charge is 0.330 e. The summed E-state index contributed by atoms with van der Waals surface area (Å²) in [6.45, 7) is 0.484. The van der Waals surface area contributed by atoms with Gasteiger partial charge in [-0.05, 0) is 17.7 Å². The van der Waals surface area contributed by atoms with E-state index >= 15 is 0 Å². The predicted molar refractivity (Wildman–Crippen MR) is 61.8 cm³/mol. The monoisotopic (exact) mass is 207 g/mol. The van der Waals surface area contributed by atoms with Gasteiger partial charge in [-0.2, -0.15) is 0 Å². The van der Waals surface area contributed by atoms with Crippen LogP contribution in [-0.4, -0.2) is 32.1 Å². The van der Waals surface area contributed by atoms with E-state index in [0.29, 0.717) is 6.54 Å². The normalized spacial score (nSPS) is 9.87. The van der Waals surface area contributed by atoms with Gasteiger partial charge in [-0.3, -0.25) is 4.90 Å². The van der Waals surface area contributed by atoms with Gasteiger partial charge in [0.1, 0.15) is 0 Å². The number of rotatable bonds is 2. The van der Waals surface area contributed by atoms with Crippen molar-refractivity contribution in [3.8, 4) is 0 Å². The van der Waals surface area contributed by atoms with Gasteiger partial charge in [0.2, 0.25) is 0 Å². The smallest absolute Gasteiger partial charge is 0.323 e. The van der Waals surface area contributed by atoms with Crippen LogP contribution in [0.3, 0.4) is 0 Å². The van der Waals surface area contributed by atoms with Crippen molar-refractivity contribution >= 4 is 11.7 Å². The number of benzene rings is 1. The van der Waals surface area contributed by atoms with E-state index in [0.717, 1.165) is 11.3 Å². The number of urea groups is 1. The summed E-state index contributed by atoms with van der Waals surface area (Å²) in [5.41, 5.74) is 7.42. The molecule has 0 spiro atoms. The number of carbonyl (C=O) groups excluding carboxylic acids is 1. The molecule has 0 aromatic heterocycles. The Hall–Kier alpha value is -1.55. The minimum absolute atomic E-state index is 0.0517. The van der Waals surface area contributed by atoms with E-state index in [1.807, 2.05) is 24.3 Å². The van der Waals surface area contributed by atoms with Crippen LogP contribution in [0.15, 0.2) is 24.3 Å². The summed E-state index contributed by atoms with van der Waals surface area (Å²) in [6, 6.07) is 7.60. The van der Waals surface area contributed by atoms with Gasteiger partial charge in [0.15, 0.2) is 0 Å². The summed E-state index contributed by atoms with van der Waals surface area (Å²) in [6.07, 6.45) is 0. The molecule has 0 aliphatic carbocycles. The zero-order chi connectivity index (χ0) is 11.4. The van der Waals surface area contributed by atoms with Crippen LogP contribution in [0.25, 0.3) is 0 Å². The molecule has 4 nitrogen and oxygen atoms in total. The first-order chi connectivity index (χ1) is 7.06. The fraction of sp³-hybridized carbons (Fsp3) is 0.364. The van der Waals surface area contributed by atoms with Gasteiger partial charge in [0.25, 0.3) is 0 Å². The molecule has 2 amide bonds. The fourth-order valence-corrected chi connectivity index (χ4v) is 1.30. The summed E-state index contributed by atoms with van der Waals surface area (Å²) in [5.74, 6) is 0. The Morgan fingerprint density at radius 2 is 2.00 bits per heavy atom. The number of hydrogen-bond donors (Lipinski definition) is 1. The van der Waals surface area contributed by atoms with E-state index in [1.54, 1.807) is 26.0 Å². The van der Waals surface area contributed by atoms with Gasteiger partial charge >= 0.3 is 6.03 Å². The molecule has 0 aliphatic rings. The average Bonchev–Trinajstić information content (AvgIpc) is 2.27. The quantitative estimate of drug-likeness (QED) is 0.793.